The number of hydrogen-bond acceptors (Lipinski definition) is 5. The number of benzene rings is 1. The Hall–Kier alpha value is -0.670. The van der Waals surface area contributed by atoms with Crippen molar-refractivity contribution in [1.29, 1.82) is 0 Å². The third-order valence-corrected chi connectivity index (χ3v) is 6.02. The number of halogens is 1. The number of aliphatic hydroxyl groups excluding tert-OH is 1. The summed E-state index contributed by atoms with van der Waals surface area (Å²) in [6, 6.07) is 4.81. The summed E-state index contributed by atoms with van der Waals surface area (Å²) in [4.78, 5) is 2.22. The number of aliphatic hydroxyl groups is 1. The molecule has 1 aliphatic heterocycles. The molecule has 2 rings (SSSR count). The minimum atomic E-state index is -3.57. The van der Waals surface area contributed by atoms with Crippen LogP contribution in [0.25, 0.3) is 0 Å². The number of nitrogen functional groups attached to an aromatic ring is 1. The smallest absolute Gasteiger partial charge is 0.245 e. The van der Waals surface area contributed by atoms with Crippen molar-refractivity contribution in [2.24, 2.45) is 0 Å². The van der Waals surface area contributed by atoms with Gasteiger partial charge in [-0.2, -0.15) is 4.31 Å². The number of nitrogens with two attached hydrogens (primary N) is 1. The summed E-state index contributed by atoms with van der Waals surface area (Å²) in [5.41, 5.74) is 6.10. The molecule has 0 atom stereocenters. The minimum Gasteiger partial charge on any atom is -0.398 e. The van der Waals surface area contributed by atoms with Crippen LogP contribution in [0, 0.1) is 0 Å². The zero-order chi connectivity index (χ0) is 15.5. The quantitative estimate of drug-likeness (QED) is 0.754. The Bertz CT molecular complexity index is 594. The van der Waals surface area contributed by atoms with Crippen LogP contribution in [-0.4, -0.2) is 62.1 Å². The molecule has 0 unspecified atom stereocenters. The van der Waals surface area contributed by atoms with Crippen molar-refractivity contribution in [2.75, 3.05) is 45.1 Å². The molecule has 0 radical (unpaired) electrons. The zero-order valence-electron chi connectivity index (χ0n) is 11.7. The zero-order valence-corrected chi connectivity index (χ0v) is 14.1. The van der Waals surface area contributed by atoms with Gasteiger partial charge in [-0.25, -0.2) is 8.42 Å². The van der Waals surface area contributed by atoms with Gasteiger partial charge in [0.2, 0.25) is 10.0 Å². The van der Waals surface area contributed by atoms with Gasteiger partial charge in [0.15, 0.2) is 0 Å². The summed E-state index contributed by atoms with van der Waals surface area (Å²) in [6.07, 6.45) is 0.746. The Morgan fingerprint density at radius 1 is 1.24 bits per heavy atom. The summed E-state index contributed by atoms with van der Waals surface area (Å²) in [5, 5.41) is 8.98. The number of hydrogen-bond donors (Lipinski definition) is 2. The van der Waals surface area contributed by atoms with Gasteiger partial charge in [0.25, 0.3) is 0 Å². The first-order valence-electron chi connectivity index (χ1n) is 6.83. The van der Waals surface area contributed by atoms with Crippen LogP contribution in [0.5, 0.6) is 0 Å². The summed E-state index contributed by atoms with van der Waals surface area (Å²) in [6.45, 7) is 2.97. The Morgan fingerprint density at radius 3 is 2.67 bits per heavy atom. The first-order valence-corrected chi connectivity index (χ1v) is 9.07. The maximum Gasteiger partial charge on any atom is 0.245 e. The molecule has 0 spiro atoms. The van der Waals surface area contributed by atoms with Crippen LogP contribution < -0.4 is 5.73 Å². The van der Waals surface area contributed by atoms with Crippen molar-refractivity contribution in [3.05, 3.63) is 22.7 Å². The molecule has 1 aromatic rings. The van der Waals surface area contributed by atoms with E-state index in [0.717, 1.165) is 17.4 Å². The molecule has 1 heterocycles. The van der Waals surface area contributed by atoms with Crippen molar-refractivity contribution in [3.8, 4) is 0 Å². The highest BCUT2D eigenvalue weighted by atomic mass is 79.9. The Morgan fingerprint density at radius 2 is 2.00 bits per heavy atom. The monoisotopic (exact) mass is 377 g/mol. The fraction of sp³-hybridized carbons (Fsp3) is 0.538. The molecule has 0 saturated carbocycles. The van der Waals surface area contributed by atoms with Crippen LogP contribution in [0.3, 0.4) is 0 Å². The van der Waals surface area contributed by atoms with E-state index in [9.17, 15) is 8.42 Å². The lowest BCUT2D eigenvalue weighted by atomic mass is 10.3. The average molecular weight is 378 g/mol. The van der Waals surface area contributed by atoms with Gasteiger partial charge in [-0.3, -0.25) is 4.90 Å². The first-order chi connectivity index (χ1) is 9.95. The lowest BCUT2D eigenvalue weighted by molar-refractivity contribution is 0.202. The second-order valence-electron chi connectivity index (χ2n) is 5.01. The average Bonchev–Trinajstić information content (AvgIpc) is 2.65. The molecule has 6 nitrogen and oxygen atoms in total. The van der Waals surface area contributed by atoms with E-state index in [0.29, 0.717) is 26.2 Å². The van der Waals surface area contributed by atoms with Crippen LogP contribution in [0.1, 0.15) is 6.42 Å². The summed E-state index contributed by atoms with van der Waals surface area (Å²) >= 11 is 3.28. The molecule has 0 amide bonds. The molecule has 8 heteroatoms. The molecule has 3 N–H and O–H groups in total. The molecule has 1 aliphatic rings. The maximum absolute atomic E-state index is 12.7. The highest BCUT2D eigenvalue weighted by Gasteiger charge is 2.28. The lowest BCUT2D eigenvalue weighted by Crippen LogP contribution is -2.36. The fourth-order valence-corrected chi connectivity index (χ4v) is 4.39. The van der Waals surface area contributed by atoms with Gasteiger partial charge in [0.05, 0.1) is 12.3 Å². The van der Waals surface area contributed by atoms with E-state index >= 15 is 0 Å². The van der Waals surface area contributed by atoms with Gasteiger partial charge in [0, 0.05) is 30.7 Å². The highest BCUT2D eigenvalue weighted by Crippen LogP contribution is 2.26. The van der Waals surface area contributed by atoms with Crippen LogP contribution >= 0.6 is 15.9 Å². The Balaban J connectivity index is 2.19. The normalized spacial score (nSPS) is 18.6. The summed E-state index contributed by atoms with van der Waals surface area (Å²) in [5.74, 6) is 0. The number of anilines is 1. The Labute approximate surface area is 133 Å². The number of nitrogens with zero attached hydrogens (tertiary/aromatic N) is 2. The summed E-state index contributed by atoms with van der Waals surface area (Å²) < 4.78 is 27.6. The molecule has 0 aromatic heterocycles. The second kappa shape index (κ2) is 7.06. The summed E-state index contributed by atoms with van der Waals surface area (Å²) in [7, 11) is -3.57. The molecule has 1 saturated heterocycles. The van der Waals surface area contributed by atoms with E-state index in [1.165, 1.54) is 10.4 Å². The largest absolute Gasteiger partial charge is 0.398 e. The second-order valence-corrected chi connectivity index (χ2v) is 7.83. The molecule has 1 fully saturated rings. The number of β-amino-alcohol motifs (C(OH)–C–C–N with tert-alkyl or cyclic N) is 1. The molecule has 118 valence electrons. The maximum atomic E-state index is 12.7. The van der Waals surface area contributed by atoms with E-state index in [1.807, 2.05) is 0 Å². The number of sulfonamides is 1. The molecule has 0 bridgehead atoms. The van der Waals surface area contributed by atoms with Gasteiger partial charge in [-0.15, -0.1) is 0 Å². The number of rotatable bonds is 4. The van der Waals surface area contributed by atoms with E-state index < -0.39 is 10.0 Å². The van der Waals surface area contributed by atoms with Crippen molar-refractivity contribution >= 4 is 31.6 Å². The third-order valence-electron chi connectivity index (χ3n) is 3.55. The van der Waals surface area contributed by atoms with E-state index in [4.69, 9.17) is 10.8 Å². The lowest BCUT2D eigenvalue weighted by Gasteiger charge is -2.22. The van der Waals surface area contributed by atoms with Gasteiger partial charge in [-0.1, -0.05) is 15.9 Å². The SMILES string of the molecule is Nc1cc(Br)ccc1S(=O)(=O)N1CCCN(CCO)CC1. The molecule has 0 aliphatic carbocycles. The van der Waals surface area contributed by atoms with Crippen LogP contribution in [-0.2, 0) is 10.0 Å². The van der Waals surface area contributed by atoms with Crippen LogP contribution in [0.2, 0.25) is 0 Å². The minimum absolute atomic E-state index is 0.0897. The van der Waals surface area contributed by atoms with Gasteiger partial charge < -0.3 is 10.8 Å². The van der Waals surface area contributed by atoms with Crippen molar-refractivity contribution < 1.29 is 13.5 Å². The first kappa shape index (κ1) is 16.7. The Kier molecular flexibility index (Phi) is 5.61. The van der Waals surface area contributed by atoms with Gasteiger partial charge in [-0.05, 0) is 31.2 Å². The van der Waals surface area contributed by atoms with Crippen molar-refractivity contribution in [1.82, 2.24) is 9.21 Å². The van der Waals surface area contributed by atoms with Crippen molar-refractivity contribution in [2.45, 2.75) is 11.3 Å². The van der Waals surface area contributed by atoms with Crippen LogP contribution in [0.4, 0.5) is 5.69 Å². The van der Waals surface area contributed by atoms with E-state index in [-0.39, 0.29) is 17.2 Å². The van der Waals surface area contributed by atoms with E-state index in [1.54, 1.807) is 12.1 Å². The topological polar surface area (TPSA) is 86.9 Å². The fourth-order valence-electron chi connectivity index (χ4n) is 2.45. The predicted octanol–water partition coefficient (Wildman–Crippen LogP) is 0.720. The molecular weight excluding hydrogens is 358 g/mol. The van der Waals surface area contributed by atoms with Gasteiger partial charge >= 0.3 is 0 Å². The molecule has 21 heavy (non-hydrogen) atoms. The molecular formula is C13H20BrN3O3S. The predicted molar refractivity (Wildman–Crippen MR) is 85.5 cm³/mol. The van der Waals surface area contributed by atoms with Crippen molar-refractivity contribution in [3.63, 3.8) is 0 Å². The van der Waals surface area contributed by atoms with Crippen LogP contribution in [0.15, 0.2) is 27.6 Å². The third kappa shape index (κ3) is 3.95. The standard InChI is InChI=1S/C13H20BrN3O3S/c14-11-2-3-13(12(15)10-11)21(19,20)17-5-1-4-16(6-7-17)8-9-18/h2-3,10,18H,1,4-9,15H2. The van der Waals surface area contributed by atoms with Gasteiger partial charge in [0.1, 0.15) is 4.90 Å². The van der Waals surface area contributed by atoms with E-state index in [2.05, 4.69) is 20.8 Å². The highest BCUT2D eigenvalue weighted by molar-refractivity contribution is 9.10. The molecule has 1 aromatic carbocycles.